The molecular weight excluding hydrogens is 274 g/mol. The summed E-state index contributed by atoms with van der Waals surface area (Å²) in [6.07, 6.45) is 0. The Balaban J connectivity index is 2.35. The molecule has 0 aliphatic rings. The number of ether oxygens (including phenoxy) is 2. The number of hydrogen-bond acceptors (Lipinski definition) is 6. The quantitative estimate of drug-likeness (QED) is 0.791. The van der Waals surface area contributed by atoms with Gasteiger partial charge >= 0.3 is 0 Å². The van der Waals surface area contributed by atoms with E-state index >= 15 is 0 Å². The molecule has 2 aromatic heterocycles. The van der Waals surface area contributed by atoms with Gasteiger partial charge in [0.2, 0.25) is 5.58 Å². The lowest BCUT2D eigenvalue weighted by Crippen LogP contribution is -2.09. The molecule has 0 atom stereocenters. The number of nitrogens with one attached hydrogen (secondary N) is 1. The maximum atomic E-state index is 11.8. The summed E-state index contributed by atoms with van der Waals surface area (Å²) < 4.78 is 15.8. The zero-order valence-electron chi connectivity index (χ0n) is 11.8. The van der Waals surface area contributed by atoms with Gasteiger partial charge in [0.05, 0.1) is 25.5 Å². The number of aromatic amines is 1. The Bertz CT molecular complexity index is 866. The van der Waals surface area contributed by atoms with Crippen LogP contribution in [-0.4, -0.2) is 29.6 Å². The first-order valence-electron chi connectivity index (χ1n) is 6.22. The standard InChI is InChI=1S/C14H13N3O4/c1-7-11-13(21-17-7)12(15-16-14(11)18)9-6-8(19-2)4-5-10(9)20-3/h4-6H,1-3H3,(H,16,18). The molecule has 3 aromatic rings. The maximum Gasteiger partial charge on any atom is 0.277 e. The fourth-order valence-corrected chi connectivity index (χ4v) is 2.19. The Kier molecular flexibility index (Phi) is 3.09. The van der Waals surface area contributed by atoms with E-state index in [2.05, 4.69) is 15.4 Å². The monoisotopic (exact) mass is 287 g/mol. The van der Waals surface area contributed by atoms with Gasteiger partial charge in [-0.25, -0.2) is 5.10 Å². The van der Waals surface area contributed by atoms with Crippen LogP contribution < -0.4 is 15.0 Å². The van der Waals surface area contributed by atoms with Crippen LogP contribution >= 0.6 is 0 Å². The Morgan fingerprint density at radius 1 is 1.24 bits per heavy atom. The van der Waals surface area contributed by atoms with Crippen LogP contribution in [0.4, 0.5) is 0 Å². The molecular formula is C14H13N3O4. The number of fused-ring (bicyclic) bond motifs is 1. The van der Waals surface area contributed by atoms with E-state index in [-0.39, 0.29) is 5.56 Å². The molecule has 1 N–H and O–H groups in total. The third-order valence-electron chi connectivity index (χ3n) is 3.24. The van der Waals surface area contributed by atoms with Gasteiger partial charge in [-0.2, -0.15) is 5.10 Å². The number of rotatable bonds is 3. The van der Waals surface area contributed by atoms with Gasteiger partial charge in [0.15, 0.2) is 0 Å². The summed E-state index contributed by atoms with van der Waals surface area (Å²) in [6.45, 7) is 1.70. The van der Waals surface area contributed by atoms with Gasteiger partial charge in [-0.1, -0.05) is 5.16 Å². The molecule has 2 heterocycles. The predicted octanol–water partition coefficient (Wildman–Crippen LogP) is 1.90. The van der Waals surface area contributed by atoms with Gasteiger partial charge in [0.1, 0.15) is 22.6 Å². The molecule has 0 bridgehead atoms. The Labute approximate surface area is 119 Å². The van der Waals surface area contributed by atoms with Gasteiger partial charge in [-0.05, 0) is 25.1 Å². The Morgan fingerprint density at radius 2 is 2.05 bits per heavy atom. The molecule has 0 radical (unpaired) electrons. The second-order valence-electron chi connectivity index (χ2n) is 4.44. The lowest BCUT2D eigenvalue weighted by atomic mass is 10.1. The van der Waals surface area contributed by atoms with Crippen LogP contribution in [0.3, 0.4) is 0 Å². The summed E-state index contributed by atoms with van der Waals surface area (Å²) in [4.78, 5) is 11.8. The van der Waals surface area contributed by atoms with Gasteiger partial charge in [0.25, 0.3) is 5.56 Å². The van der Waals surface area contributed by atoms with Crippen LogP contribution in [-0.2, 0) is 0 Å². The summed E-state index contributed by atoms with van der Waals surface area (Å²) in [5, 5.41) is 10.7. The molecule has 0 aliphatic carbocycles. The number of benzene rings is 1. The highest BCUT2D eigenvalue weighted by Gasteiger charge is 2.19. The number of methoxy groups -OCH3 is 2. The highest BCUT2D eigenvalue weighted by atomic mass is 16.5. The topological polar surface area (TPSA) is 90.2 Å². The molecule has 3 rings (SSSR count). The van der Waals surface area contributed by atoms with E-state index in [9.17, 15) is 4.79 Å². The van der Waals surface area contributed by atoms with Crippen molar-refractivity contribution in [1.29, 1.82) is 0 Å². The van der Waals surface area contributed by atoms with E-state index in [1.807, 2.05) is 0 Å². The number of aryl methyl sites for hydroxylation is 1. The molecule has 108 valence electrons. The molecule has 0 spiro atoms. The van der Waals surface area contributed by atoms with E-state index in [4.69, 9.17) is 14.0 Å². The first-order valence-corrected chi connectivity index (χ1v) is 6.22. The Morgan fingerprint density at radius 3 is 2.76 bits per heavy atom. The number of aromatic nitrogens is 3. The second kappa shape index (κ2) is 4.93. The van der Waals surface area contributed by atoms with E-state index in [0.29, 0.717) is 39.4 Å². The molecule has 7 nitrogen and oxygen atoms in total. The normalized spacial score (nSPS) is 10.8. The van der Waals surface area contributed by atoms with Crippen molar-refractivity contribution in [2.75, 3.05) is 14.2 Å². The molecule has 0 aliphatic heterocycles. The van der Waals surface area contributed by atoms with Crippen LogP contribution in [0.25, 0.3) is 22.2 Å². The molecule has 0 fully saturated rings. The van der Waals surface area contributed by atoms with Gasteiger partial charge in [-0.3, -0.25) is 4.79 Å². The molecule has 0 saturated carbocycles. The third kappa shape index (κ3) is 2.03. The fourth-order valence-electron chi connectivity index (χ4n) is 2.19. The van der Waals surface area contributed by atoms with E-state index in [1.165, 1.54) is 0 Å². The first-order chi connectivity index (χ1) is 10.2. The SMILES string of the molecule is COc1ccc(OC)c(-c2n[nH]c(=O)c3c(C)noc23)c1. The lowest BCUT2D eigenvalue weighted by molar-refractivity contribution is 0.404. The van der Waals surface area contributed by atoms with Crippen LogP contribution in [0.1, 0.15) is 5.69 Å². The minimum atomic E-state index is -0.339. The summed E-state index contributed by atoms with van der Waals surface area (Å²) in [5.74, 6) is 1.23. The smallest absolute Gasteiger partial charge is 0.277 e. The van der Waals surface area contributed by atoms with Crippen LogP contribution in [0.5, 0.6) is 11.5 Å². The minimum Gasteiger partial charge on any atom is -0.497 e. The third-order valence-corrected chi connectivity index (χ3v) is 3.24. The van der Waals surface area contributed by atoms with E-state index in [1.54, 1.807) is 39.3 Å². The number of nitrogens with zero attached hydrogens (tertiary/aromatic N) is 2. The van der Waals surface area contributed by atoms with Crippen molar-refractivity contribution in [3.05, 3.63) is 34.2 Å². The maximum absolute atomic E-state index is 11.8. The minimum absolute atomic E-state index is 0.322. The zero-order valence-corrected chi connectivity index (χ0v) is 11.8. The summed E-state index contributed by atoms with van der Waals surface area (Å²) >= 11 is 0. The van der Waals surface area contributed by atoms with Gasteiger partial charge in [0, 0.05) is 0 Å². The highest BCUT2D eigenvalue weighted by Crippen LogP contribution is 2.35. The van der Waals surface area contributed by atoms with Crippen LogP contribution in [0.2, 0.25) is 0 Å². The number of hydrogen-bond donors (Lipinski definition) is 1. The molecule has 1 aromatic carbocycles. The van der Waals surface area contributed by atoms with Crippen LogP contribution in [0, 0.1) is 6.92 Å². The lowest BCUT2D eigenvalue weighted by Gasteiger charge is -2.09. The average Bonchev–Trinajstić information content (AvgIpc) is 2.90. The van der Waals surface area contributed by atoms with Crippen molar-refractivity contribution in [1.82, 2.24) is 15.4 Å². The number of H-pyrrole nitrogens is 1. The summed E-state index contributed by atoms with van der Waals surface area (Å²) in [6, 6.07) is 5.30. The van der Waals surface area contributed by atoms with Crippen molar-refractivity contribution in [3.8, 4) is 22.8 Å². The highest BCUT2D eigenvalue weighted by molar-refractivity contribution is 5.92. The largest absolute Gasteiger partial charge is 0.497 e. The summed E-state index contributed by atoms with van der Waals surface area (Å²) in [5.41, 5.74) is 1.59. The van der Waals surface area contributed by atoms with Crippen molar-refractivity contribution in [2.24, 2.45) is 0 Å². The van der Waals surface area contributed by atoms with Crippen molar-refractivity contribution in [2.45, 2.75) is 6.92 Å². The van der Waals surface area contributed by atoms with Crippen molar-refractivity contribution in [3.63, 3.8) is 0 Å². The zero-order chi connectivity index (χ0) is 15.0. The molecule has 0 saturated heterocycles. The first kappa shape index (κ1) is 13.2. The van der Waals surface area contributed by atoms with Crippen molar-refractivity contribution < 1.29 is 14.0 Å². The van der Waals surface area contributed by atoms with Crippen molar-refractivity contribution >= 4 is 11.0 Å². The molecule has 21 heavy (non-hydrogen) atoms. The van der Waals surface area contributed by atoms with Crippen LogP contribution in [0.15, 0.2) is 27.5 Å². The molecule has 0 unspecified atom stereocenters. The molecule has 7 heteroatoms. The van der Waals surface area contributed by atoms with Gasteiger partial charge in [-0.15, -0.1) is 0 Å². The Hall–Kier alpha value is -2.83. The fraction of sp³-hybridized carbons (Fsp3) is 0.214. The average molecular weight is 287 g/mol. The van der Waals surface area contributed by atoms with Gasteiger partial charge < -0.3 is 14.0 Å². The molecule has 0 amide bonds. The second-order valence-corrected chi connectivity index (χ2v) is 4.44. The predicted molar refractivity (Wildman–Crippen MR) is 75.7 cm³/mol. The van der Waals surface area contributed by atoms with E-state index in [0.717, 1.165) is 0 Å². The van der Waals surface area contributed by atoms with E-state index < -0.39 is 0 Å². The summed E-state index contributed by atoms with van der Waals surface area (Å²) in [7, 11) is 3.12.